The maximum atomic E-state index is 12.0. The van der Waals surface area contributed by atoms with E-state index in [9.17, 15) is 4.79 Å². The van der Waals surface area contributed by atoms with Crippen LogP contribution in [0.25, 0.3) is 0 Å². The Bertz CT molecular complexity index is 675. The molecule has 0 aromatic heterocycles. The van der Waals surface area contributed by atoms with Crippen molar-refractivity contribution >= 4 is 34.7 Å². The van der Waals surface area contributed by atoms with Crippen LogP contribution in [0.1, 0.15) is 15.9 Å². The van der Waals surface area contributed by atoms with E-state index in [-0.39, 0.29) is 12.3 Å². The van der Waals surface area contributed by atoms with Gasteiger partial charge in [0.15, 0.2) is 5.78 Å². The maximum absolute atomic E-state index is 12.0. The summed E-state index contributed by atoms with van der Waals surface area (Å²) in [6.07, 6.45) is 0. The number of halogens is 2. The Morgan fingerprint density at radius 3 is 2.45 bits per heavy atom. The molecular weight excluding hydrogens is 295 g/mol. The lowest BCUT2D eigenvalue weighted by atomic mass is 10.1. The number of rotatable bonds is 4. The first-order valence-electron chi connectivity index (χ1n) is 5.82. The number of nitriles is 1. The molecule has 2 rings (SSSR count). The van der Waals surface area contributed by atoms with Crippen molar-refractivity contribution in [1.29, 1.82) is 5.26 Å². The van der Waals surface area contributed by atoms with Gasteiger partial charge in [-0.15, -0.1) is 0 Å². The van der Waals surface area contributed by atoms with E-state index in [0.29, 0.717) is 21.2 Å². The SMILES string of the molecule is N#Cc1cc(Cl)cc(C(=O)CNc2ccc(Cl)cc2)c1. The van der Waals surface area contributed by atoms with Gasteiger partial charge in [-0.3, -0.25) is 4.79 Å². The third-order valence-corrected chi connectivity index (χ3v) is 3.12. The molecule has 0 saturated carbocycles. The van der Waals surface area contributed by atoms with Crippen LogP contribution in [0.5, 0.6) is 0 Å². The van der Waals surface area contributed by atoms with Crippen molar-refractivity contribution in [1.82, 2.24) is 0 Å². The molecule has 0 spiro atoms. The first-order valence-corrected chi connectivity index (χ1v) is 6.57. The highest BCUT2D eigenvalue weighted by Gasteiger charge is 2.08. The Hall–Kier alpha value is -2.02. The minimum Gasteiger partial charge on any atom is -0.378 e. The number of nitrogens with one attached hydrogen (secondary N) is 1. The number of ketones is 1. The Balaban J connectivity index is 2.07. The number of hydrogen-bond acceptors (Lipinski definition) is 3. The summed E-state index contributed by atoms with van der Waals surface area (Å²) in [5, 5.41) is 12.9. The fourth-order valence-corrected chi connectivity index (χ4v) is 2.03. The predicted molar refractivity (Wildman–Crippen MR) is 80.4 cm³/mol. The molecule has 0 saturated heterocycles. The van der Waals surface area contributed by atoms with Crippen LogP contribution in [0.2, 0.25) is 10.0 Å². The van der Waals surface area contributed by atoms with Crippen LogP contribution in [-0.2, 0) is 0 Å². The summed E-state index contributed by atoms with van der Waals surface area (Å²) in [6, 6.07) is 13.6. The second-order valence-corrected chi connectivity index (χ2v) is 5.00. The van der Waals surface area contributed by atoms with Gasteiger partial charge in [0, 0.05) is 21.3 Å². The highest BCUT2D eigenvalue weighted by atomic mass is 35.5. The molecule has 0 fully saturated rings. The number of carbonyl (C=O) groups excluding carboxylic acids is 1. The lowest BCUT2D eigenvalue weighted by Gasteiger charge is -2.06. The molecule has 2 aromatic carbocycles. The Morgan fingerprint density at radius 2 is 1.80 bits per heavy atom. The monoisotopic (exact) mass is 304 g/mol. The smallest absolute Gasteiger partial charge is 0.181 e. The van der Waals surface area contributed by atoms with E-state index < -0.39 is 0 Å². The second kappa shape index (κ2) is 6.42. The Morgan fingerprint density at radius 1 is 1.10 bits per heavy atom. The fourth-order valence-electron chi connectivity index (χ4n) is 1.67. The van der Waals surface area contributed by atoms with Crippen LogP contribution in [-0.4, -0.2) is 12.3 Å². The summed E-state index contributed by atoms with van der Waals surface area (Å²) in [5.41, 5.74) is 1.58. The molecule has 1 N–H and O–H groups in total. The van der Waals surface area contributed by atoms with Gasteiger partial charge in [-0.05, 0) is 42.5 Å². The van der Waals surface area contributed by atoms with Crippen molar-refractivity contribution < 1.29 is 4.79 Å². The van der Waals surface area contributed by atoms with E-state index in [2.05, 4.69) is 5.32 Å². The van der Waals surface area contributed by atoms with Crippen LogP contribution >= 0.6 is 23.2 Å². The standard InChI is InChI=1S/C15H10Cl2N2O/c16-12-1-3-14(4-2-12)19-9-15(20)11-5-10(8-18)6-13(17)7-11/h1-7,19H,9H2. The van der Waals surface area contributed by atoms with Crippen LogP contribution in [0.4, 0.5) is 5.69 Å². The lowest BCUT2D eigenvalue weighted by Crippen LogP contribution is -2.14. The molecule has 0 aliphatic carbocycles. The van der Waals surface area contributed by atoms with Gasteiger partial charge in [0.05, 0.1) is 18.2 Å². The summed E-state index contributed by atoms with van der Waals surface area (Å²) in [6.45, 7) is 0.118. The van der Waals surface area contributed by atoms with E-state index in [1.165, 1.54) is 12.1 Å². The molecule has 0 bridgehead atoms. The van der Waals surface area contributed by atoms with E-state index in [4.69, 9.17) is 28.5 Å². The van der Waals surface area contributed by atoms with Gasteiger partial charge in [-0.25, -0.2) is 0 Å². The average molecular weight is 305 g/mol. The zero-order valence-corrected chi connectivity index (χ0v) is 11.9. The van der Waals surface area contributed by atoms with E-state index >= 15 is 0 Å². The predicted octanol–water partition coefficient (Wildman–Crippen LogP) is 4.16. The number of Topliss-reactive ketones (excluding diaryl/α,β-unsaturated/α-hetero) is 1. The number of hydrogen-bond donors (Lipinski definition) is 1. The van der Waals surface area contributed by atoms with Crippen molar-refractivity contribution in [3.63, 3.8) is 0 Å². The zero-order chi connectivity index (χ0) is 14.5. The van der Waals surface area contributed by atoms with Gasteiger partial charge < -0.3 is 5.32 Å². The highest BCUT2D eigenvalue weighted by molar-refractivity contribution is 6.31. The van der Waals surface area contributed by atoms with E-state index in [1.807, 2.05) is 6.07 Å². The molecule has 0 heterocycles. The van der Waals surface area contributed by atoms with Crippen molar-refractivity contribution in [2.24, 2.45) is 0 Å². The van der Waals surface area contributed by atoms with Gasteiger partial charge in [-0.1, -0.05) is 23.2 Å². The molecule has 0 atom stereocenters. The molecular formula is C15H10Cl2N2O. The summed E-state index contributed by atoms with van der Waals surface area (Å²) in [4.78, 5) is 12.0. The molecule has 3 nitrogen and oxygen atoms in total. The third kappa shape index (κ3) is 3.74. The quantitative estimate of drug-likeness (QED) is 0.863. The minimum absolute atomic E-state index is 0.118. The summed E-state index contributed by atoms with van der Waals surface area (Å²) < 4.78 is 0. The fraction of sp³-hybridized carbons (Fsp3) is 0.0667. The van der Waals surface area contributed by atoms with Gasteiger partial charge in [0.1, 0.15) is 0 Å². The Kier molecular flexibility index (Phi) is 4.62. The first-order chi connectivity index (χ1) is 9.58. The highest BCUT2D eigenvalue weighted by Crippen LogP contribution is 2.16. The normalized spacial score (nSPS) is 9.85. The third-order valence-electron chi connectivity index (χ3n) is 2.65. The lowest BCUT2D eigenvalue weighted by molar-refractivity contribution is 0.101. The molecule has 0 aliphatic heterocycles. The number of nitrogens with zero attached hydrogens (tertiary/aromatic N) is 1. The first kappa shape index (κ1) is 14.4. The van der Waals surface area contributed by atoms with Gasteiger partial charge in [0.2, 0.25) is 0 Å². The molecule has 100 valence electrons. The minimum atomic E-state index is -0.140. The second-order valence-electron chi connectivity index (χ2n) is 4.12. The zero-order valence-electron chi connectivity index (χ0n) is 10.4. The van der Waals surface area contributed by atoms with Gasteiger partial charge in [-0.2, -0.15) is 5.26 Å². The largest absolute Gasteiger partial charge is 0.378 e. The van der Waals surface area contributed by atoms with Gasteiger partial charge in [0.25, 0.3) is 0 Å². The van der Waals surface area contributed by atoms with Crippen molar-refractivity contribution in [3.05, 3.63) is 63.6 Å². The van der Waals surface area contributed by atoms with Crippen LogP contribution in [0, 0.1) is 11.3 Å². The molecule has 0 aliphatic rings. The van der Waals surface area contributed by atoms with Gasteiger partial charge >= 0.3 is 0 Å². The van der Waals surface area contributed by atoms with Crippen molar-refractivity contribution in [3.8, 4) is 6.07 Å². The molecule has 0 unspecified atom stereocenters. The van der Waals surface area contributed by atoms with Crippen LogP contribution < -0.4 is 5.32 Å². The number of anilines is 1. The number of benzene rings is 2. The maximum Gasteiger partial charge on any atom is 0.181 e. The van der Waals surface area contributed by atoms with Crippen molar-refractivity contribution in [2.75, 3.05) is 11.9 Å². The van der Waals surface area contributed by atoms with E-state index in [0.717, 1.165) is 5.69 Å². The summed E-state index contributed by atoms with van der Waals surface area (Å²) in [5.74, 6) is -0.140. The summed E-state index contributed by atoms with van der Waals surface area (Å²) >= 11 is 11.7. The van der Waals surface area contributed by atoms with Crippen LogP contribution in [0.3, 0.4) is 0 Å². The Labute approximate surface area is 126 Å². The molecule has 20 heavy (non-hydrogen) atoms. The van der Waals surface area contributed by atoms with Crippen LogP contribution in [0.15, 0.2) is 42.5 Å². The molecule has 5 heteroatoms. The summed E-state index contributed by atoms with van der Waals surface area (Å²) in [7, 11) is 0. The molecule has 0 amide bonds. The molecule has 0 radical (unpaired) electrons. The van der Waals surface area contributed by atoms with Crippen molar-refractivity contribution in [2.45, 2.75) is 0 Å². The molecule has 2 aromatic rings. The topological polar surface area (TPSA) is 52.9 Å². The average Bonchev–Trinajstić information content (AvgIpc) is 2.45. The van der Waals surface area contributed by atoms with E-state index in [1.54, 1.807) is 30.3 Å². The number of carbonyl (C=O) groups is 1.